The average Bonchev–Trinajstić information content (AvgIpc) is 2.62. The number of carbonyl (C=O) groups is 3. The Morgan fingerprint density at radius 3 is 2.36 bits per heavy atom. The lowest BCUT2D eigenvalue weighted by Gasteiger charge is -2.10. The molecule has 0 aliphatic carbocycles. The predicted octanol–water partition coefficient (Wildman–Crippen LogP) is 1.44. The number of rotatable bonds is 7. The van der Waals surface area contributed by atoms with Crippen molar-refractivity contribution in [3.8, 4) is 0 Å². The molecule has 2 aromatic rings. The molecule has 7 nitrogen and oxygen atoms in total. The van der Waals surface area contributed by atoms with Gasteiger partial charge in [0.2, 0.25) is 0 Å². The SMILES string of the molecule is O=C(O)CCNC(=O)/C(=C/c1ccncc1)NC(=O)c1ccccc1. The summed E-state index contributed by atoms with van der Waals surface area (Å²) in [6.07, 6.45) is 4.41. The van der Waals surface area contributed by atoms with Crippen molar-refractivity contribution >= 4 is 23.9 Å². The van der Waals surface area contributed by atoms with Crippen LogP contribution in [0.15, 0.2) is 60.6 Å². The Morgan fingerprint density at radius 1 is 1.04 bits per heavy atom. The van der Waals surface area contributed by atoms with Crippen LogP contribution in [0.5, 0.6) is 0 Å². The van der Waals surface area contributed by atoms with E-state index in [9.17, 15) is 14.4 Å². The highest BCUT2D eigenvalue weighted by molar-refractivity contribution is 6.05. The summed E-state index contributed by atoms with van der Waals surface area (Å²) in [5.41, 5.74) is 1.10. The number of carboxylic acids is 1. The molecule has 2 rings (SSSR count). The second kappa shape index (κ2) is 8.97. The minimum Gasteiger partial charge on any atom is -0.481 e. The van der Waals surface area contributed by atoms with Crippen molar-refractivity contribution < 1.29 is 19.5 Å². The van der Waals surface area contributed by atoms with E-state index < -0.39 is 17.8 Å². The Bertz CT molecular complexity index is 773. The maximum Gasteiger partial charge on any atom is 0.305 e. The lowest BCUT2D eigenvalue weighted by molar-refractivity contribution is -0.136. The highest BCUT2D eigenvalue weighted by Crippen LogP contribution is 2.06. The van der Waals surface area contributed by atoms with E-state index in [-0.39, 0.29) is 18.7 Å². The molecule has 7 heteroatoms. The molecule has 2 amide bonds. The van der Waals surface area contributed by atoms with Gasteiger partial charge < -0.3 is 15.7 Å². The van der Waals surface area contributed by atoms with E-state index in [1.807, 2.05) is 0 Å². The molecular formula is C18H17N3O4. The first-order valence-corrected chi connectivity index (χ1v) is 7.54. The molecule has 0 saturated heterocycles. The Labute approximate surface area is 144 Å². The molecule has 1 aromatic heterocycles. The smallest absolute Gasteiger partial charge is 0.305 e. The minimum absolute atomic E-state index is 0.0189. The highest BCUT2D eigenvalue weighted by Gasteiger charge is 2.14. The van der Waals surface area contributed by atoms with E-state index in [1.165, 1.54) is 6.08 Å². The molecule has 3 N–H and O–H groups in total. The van der Waals surface area contributed by atoms with Crippen LogP contribution in [-0.2, 0) is 9.59 Å². The first-order chi connectivity index (χ1) is 12.1. The van der Waals surface area contributed by atoms with Gasteiger partial charge in [-0.25, -0.2) is 0 Å². The van der Waals surface area contributed by atoms with Gasteiger partial charge in [-0.05, 0) is 35.9 Å². The van der Waals surface area contributed by atoms with E-state index in [1.54, 1.807) is 54.9 Å². The fourth-order valence-electron chi connectivity index (χ4n) is 1.95. The van der Waals surface area contributed by atoms with Crippen molar-refractivity contribution in [3.63, 3.8) is 0 Å². The number of amides is 2. The molecule has 0 atom stereocenters. The van der Waals surface area contributed by atoms with E-state index >= 15 is 0 Å². The van der Waals surface area contributed by atoms with Gasteiger partial charge in [0.05, 0.1) is 6.42 Å². The molecule has 0 saturated carbocycles. The summed E-state index contributed by atoms with van der Waals surface area (Å²) in [6, 6.07) is 11.8. The summed E-state index contributed by atoms with van der Waals surface area (Å²) < 4.78 is 0. The van der Waals surface area contributed by atoms with Gasteiger partial charge in [-0.2, -0.15) is 0 Å². The largest absolute Gasteiger partial charge is 0.481 e. The molecule has 0 fully saturated rings. The number of aliphatic carboxylic acids is 1. The van der Waals surface area contributed by atoms with Crippen LogP contribution in [0.25, 0.3) is 6.08 Å². The van der Waals surface area contributed by atoms with E-state index in [2.05, 4.69) is 15.6 Å². The number of carbonyl (C=O) groups excluding carboxylic acids is 2. The number of carboxylic acid groups (broad SMARTS) is 1. The van der Waals surface area contributed by atoms with Crippen molar-refractivity contribution in [2.24, 2.45) is 0 Å². The number of benzene rings is 1. The zero-order valence-corrected chi connectivity index (χ0v) is 13.3. The van der Waals surface area contributed by atoms with Crippen molar-refractivity contribution in [2.45, 2.75) is 6.42 Å². The molecule has 25 heavy (non-hydrogen) atoms. The van der Waals surface area contributed by atoms with Crippen LogP contribution in [0.4, 0.5) is 0 Å². The maximum absolute atomic E-state index is 12.3. The first kappa shape index (κ1) is 17.9. The number of aromatic nitrogens is 1. The molecule has 1 heterocycles. The van der Waals surface area contributed by atoms with Crippen LogP contribution in [0.1, 0.15) is 22.3 Å². The van der Waals surface area contributed by atoms with E-state index in [0.29, 0.717) is 11.1 Å². The molecule has 0 aliphatic rings. The first-order valence-electron chi connectivity index (χ1n) is 7.54. The van der Waals surface area contributed by atoms with Crippen LogP contribution < -0.4 is 10.6 Å². The van der Waals surface area contributed by atoms with Crippen molar-refractivity contribution in [1.82, 2.24) is 15.6 Å². The van der Waals surface area contributed by atoms with Crippen LogP contribution in [0.2, 0.25) is 0 Å². The quantitative estimate of drug-likeness (QED) is 0.662. The number of hydrogen-bond donors (Lipinski definition) is 3. The summed E-state index contributed by atoms with van der Waals surface area (Å²) >= 11 is 0. The van der Waals surface area contributed by atoms with Gasteiger partial charge in [0, 0.05) is 24.5 Å². The molecule has 0 aliphatic heterocycles. The van der Waals surface area contributed by atoms with Gasteiger partial charge in [0.1, 0.15) is 5.70 Å². The van der Waals surface area contributed by atoms with E-state index in [0.717, 1.165) is 0 Å². The van der Waals surface area contributed by atoms with Gasteiger partial charge in [0.15, 0.2) is 0 Å². The lowest BCUT2D eigenvalue weighted by Crippen LogP contribution is -2.35. The Balaban J connectivity index is 2.17. The Morgan fingerprint density at radius 2 is 1.72 bits per heavy atom. The second-order valence-electron chi connectivity index (χ2n) is 5.06. The van der Waals surface area contributed by atoms with Gasteiger partial charge in [-0.1, -0.05) is 18.2 Å². The summed E-state index contributed by atoms with van der Waals surface area (Å²) in [5, 5.41) is 13.7. The highest BCUT2D eigenvalue weighted by atomic mass is 16.4. The molecule has 1 aromatic carbocycles. The lowest BCUT2D eigenvalue weighted by atomic mass is 10.2. The van der Waals surface area contributed by atoms with Gasteiger partial charge in [0.25, 0.3) is 11.8 Å². The van der Waals surface area contributed by atoms with E-state index in [4.69, 9.17) is 5.11 Å². The number of hydrogen-bond acceptors (Lipinski definition) is 4. The molecular weight excluding hydrogens is 322 g/mol. The molecule has 0 radical (unpaired) electrons. The third-order valence-corrected chi connectivity index (χ3v) is 3.17. The third-order valence-electron chi connectivity index (χ3n) is 3.17. The normalized spacial score (nSPS) is 10.8. The molecule has 0 spiro atoms. The molecule has 0 unspecified atom stereocenters. The van der Waals surface area contributed by atoms with Gasteiger partial charge in [-0.3, -0.25) is 19.4 Å². The topological polar surface area (TPSA) is 108 Å². The summed E-state index contributed by atoms with van der Waals surface area (Å²) in [6.45, 7) is -0.0386. The average molecular weight is 339 g/mol. The minimum atomic E-state index is -1.02. The molecule has 0 bridgehead atoms. The molecule has 128 valence electrons. The standard InChI is InChI=1S/C18H17N3O4/c22-16(23)8-11-20-18(25)15(12-13-6-9-19-10-7-13)21-17(24)14-4-2-1-3-5-14/h1-7,9-10,12H,8,11H2,(H,20,25)(H,21,24)(H,22,23)/b15-12-. The van der Waals surface area contributed by atoms with Crippen molar-refractivity contribution in [2.75, 3.05) is 6.54 Å². The third kappa shape index (κ3) is 5.91. The summed E-state index contributed by atoms with van der Waals surface area (Å²) in [5.74, 6) is -2.02. The van der Waals surface area contributed by atoms with Gasteiger partial charge in [-0.15, -0.1) is 0 Å². The number of pyridine rings is 1. The zero-order chi connectivity index (χ0) is 18.1. The maximum atomic E-state index is 12.3. The van der Waals surface area contributed by atoms with Crippen molar-refractivity contribution in [3.05, 3.63) is 71.7 Å². The summed E-state index contributed by atoms with van der Waals surface area (Å²) in [4.78, 5) is 39.0. The monoisotopic (exact) mass is 339 g/mol. The second-order valence-corrected chi connectivity index (χ2v) is 5.06. The zero-order valence-electron chi connectivity index (χ0n) is 13.3. The Hall–Kier alpha value is -3.48. The van der Waals surface area contributed by atoms with Crippen LogP contribution in [-0.4, -0.2) is 34.4 Å². The number of nitrogens with one attached hydrogen (secondary N) is 2. The number of nitrogens with zero attached hydrogens (tertiary/aromatic N) is 1. The predicted molar refractivity (Wildman–Crippen MR) is 91.4 cm³/mol. The summed E-state index contributed by atoms with van der Waals surface area (Å²) in [7, 11) is 0. The fraction of sp³-hybridized carbons (Fsp3) is 0.111. The van der Waals surface area contributed by atoms with Crippen LogP contribution in [0.3, 0.4) is 0 Å². The van der Waals surface area contributed by atoms with Crippen LogP contribution >= 0.6 is 0 Å². The fourth-order valence-corrected chi connectivity index (χ4v) is 1.95. The Kier molecular flexibility index (Phi) is 6.41. The van der Waals surface area contributed by atoms with Crippen molar-refractivity contribution in [1.29, 1.82) is 0 Å². The van der Waals surface area contributed by atoms with Gasteiger partial charge >= 0.3 is 5.97 Å². The van der Waals surface area contributed by atoms with Crippen LogP contribution in [0, 0.1) is 0 Å².